The van der Waals surface area contributed by atoms with E-state index in [2.05, 4.69) is 51.3 Å². The molecule has 0 radical (unpaired) electrons. The third-order valence-corrected chi connectivity index (χ3v) is 9.66. The molecule has 51 heavy (non-hydrogen) atoms. The average Bonchev–Trinajstić information content (AvgIpc) is 3.15. The molecule has 262 valence electrons. The van der Waals surface area contributed by atoms with Crippen molar-refractivity contribution in [2.45, 2.75) is 46.1 Å². The molecule has 9 nitrogen and oxygen atoms in total. The minimum atomic E-state index is 0.214. The molecule has 1 aliphatic heterocycles. The average molecular weight is 724 g/mol. The van der Waals surface area contributed by atoms with Crippen LogP contribution in [0.3, 0.4) is 0 Å². The third-order valence-electron chi connectivity index (χ3n) is 8.97. The van der Waals surface area contributed by atoms with Gasteiger partial charge in [-0.1, -0.05) is 53.5 Å². The molecule has 3 heterocycles. The Hall–Kier alpha value is -4.72. The second-order valence-electron chi connectivity index (χ2n) is 12.8. The van der Waals surface area contributed by atoms with E-state index in [1.54, 1.807) is 24.7 Å². The number of benzene rings is 3. The van der Waals surface area contributed by atoms with Crippen molar-refractivity contribution in [2.75, 3.05) is 26.7 Å². The van der Waals surface area contributed by atoms with E-state index in [1.165, 1.54) is 18.9 Å². The van der Waals surface area contributed by atoms with Crippen molar-refractivity contribution in [1.82, 2.24) is 25.2 Å². The summed E-state index contributed by atoms with van der Waals surface area (Å²) < 4.78 is 18.9. The lowest BCUT2D eigenvalue weighted by Gasteiger charge is -2.29. The van der Waals surface area contributed by atoms with Crippen molar-refractivity contribution in [3.05, 3.63) is 129 Å². The monoisotopic (exact) mass is 722 g/mol. The Labute approximate surface area is 309 Å². The second kappa shape index (κ2) is 17.5. The zero-order valence-electron chi connectivity index (χ0n) is 28.7. The highest BCUT2D eigenvalue weighted by Gasteiger charge is 2.20. The third kappa shape index (κ3) is 9.54. The van der Waals surface area contributed by atoms with Gasteiger partial charge in [0.15, 0.2) is 0 Å². The molecule has 0 spiro atoms. The first-order valence-electron chi connectivity index (χ1n) is 16.9. The summed E-state index contributed by atoms with van der Waals surface area (Å²) in [6, 6.07) is 19.6. The lowest BCUT2D eigenvalue weighted by Crippen LogP contribution is -2.34. The lowest BCUT2D eigenvalue weighted by molar-refractivity contribution is 0.150. The highest BCUT2D eigenvalue weighted by molar-refractivity contribution is 6.35. The van der Waals surface area contributed by atoms with Gasteiger partial charge in [0.05, 0.1) is 22.2 Å². The number of likely N-dealkylation sites (tertiary alicyclic amines) is 1. The fourth-order valence-corrected chi connectivity index (χ4v) is 6.77. The zero-order valence-corrected chi connectivity index (χ0v) is 30.3. The Morgan fingerprint density at radius 1 is 0.843 bits per heavy atom. The molecule has 1 unspecified atom stereocenters. The Morgan fingerprint density at radius 2 is 1.63 bits per heavy atom. The van der Waals surface area contributed by atoms with Gasteiger partial charge in [-0.05, 0) is 68.2 Å². The van der Waals surface area contributed by atoms with Crippen LogP contribution < -0.4 is 19.5 Å². The number of nitriles is 1. The Morgan fingerprint density at radius 3 is 2.45 bits per heavy atom. The van der Waals surface area contributed by atoms with E-state index in [9.17, 15) is 5.26 Å². The Balaban J connectivity index is 1.18. The fourth-order valence-electron chi connectivity index (χ4n) is 6.24. The van der Waals surface area contributed by atoms with Crippen LogP contribution in [-0.4, -0.2) is 46.6 Å². The van der Waals surface area contributed by atoms with Crippen molar-refractivity contribution in [3.63, 3.8) is 0 Å². The summed E-state index contributed by atoms with van der Waals surface area (Å²) in [6.07, 6.45) is 10.6. The first-order valence-corrected chi connectivity index (χ1v) is 17.7. The van der Waals surface area contributed by atoms with Gasteiger partial charge in [-0.2, -0.15) is 5.26 Å². The summed E-state index contributed by atoms with van der Waals surface area (Å²) in [7, 11) is 2.16. The van der Waals surface area contributed by atoms with E-state index >= 15 is 0 Å². The molecule has 6 rings (SSSR count). The minimum absolute atomic E-state index is 0.214. The normalized spacial score (nSPS) is 14.5. The summed E-state index contributed by atoms with van der Waals surface area (Å²) in [5, 5.41) is 13.8. The topological polar surface area (TPSA) is 105 Å². The molecule has 0 bridgehead atoms. The van der Waals surface area contributed by atoms with Crippen LogP contribution in [-0.2, 0) is 26.3 Å². The Kier molecular flexibility index (Phi) is 12.4. The molecule has 0 saturated carbocycles. The van der Waals surface area contributed by atoms with Crippen molar-refractivity contribution < 1.29 is 14.2 Å². The Bertz CT molecular complexity index is 1990. The number of hydrogen-bond donors (Lipinski definition) is 1. The number of ether oxygens (including phenoxy) is 3. The number of pyridine rings is 1. The first-order chi connectivity index (χ1) is 24.9. The molecule has 1 fully saturated rings. The van der Waals surface area contributed by atoms with Crippen LogP contribution in [0.25, 0.3) is 11.1 Å². The first kappa shape index (κ1) is 36.1. The standard InChI is InChI=1S/C40H40Cl2N6O3/c1-27-32(7-3-8-34(27)35-9-4-10-37(40(35)42)49-23-28-6-5-11-48(2)22-28)25-51-39-14-38(50-24-30-12-29(15-43)16-44-17-30)33(13-36(39)41)21-45-18-31-19-46-26-47-20-31/h3-4,7-10,12-14,16-17,19-20,26,28,45H,5-6,11,18,21-25H2,1-2H3. The second-order valence-corrected chi connectivity index (χ2v) is 13.6. The van der Waals surface area contributed by atoms with Crippen LogP contribution in [0.1, 0.15) is 46.2 Å². The van der Waals surface area contributed by atoms with Gasteiger partial charge in [0.2, 0.25) is 0 Å². The molecule has 3 aromatic carbocycles. The highest BCUT2D eigenvalue weighted by atomic mass is 35.5. The van der Waals surface area contributed by atoms with Gasteiger partial charge in [0, 0.05) is 78.7 Å². The summed E-state index contributed by atoms with van der Waals surface area (Å²) in [6.45, 7) is 6.42. The number of hydrogen-bond acceptors (Lipinski definition) is 9. The number of halogens is 2. The number of nitrogens with one attached hydrogen (secondary N) is 1. The molecule has 0 amide bonds. The quantitative estimate of drug-likeness (QED) is 0.121. The molecule has 1 N–H and O–H groups in total. The summed E-state index contributed by atoms with van der Waals surface area (Å²) in [5.41, 5.74) is 7.01. The minimum Gasteiger partial charge on any atom is -0.492 e. The van der Waals surface area contributed by atoms with E-state index in [-0.39, 0.29) is 13.2 Å². The zero-order chi connectivity index (χ0) is 35.6. The molecule has 1 atom stereocenters. The van der Waals surface area contributed by atoms with Gasteiger partial charge in [-0.3, -0.25) is 4.98 Å². The van der Waals surface area contributed by atoms with E-state index in [0.717, 1.165) is 58.5 Å². The van der Waals surface area contributed by atoms with Crippen LogP contribution in [0.5, 0.6) is 17.2 Å². The maximum absolute atomic E-state index is 9.31. The van der Waals surface area contributed by atoms with Crippen molar-refractivity contribution in [3.8, 4) is 34.4 Å². The molecular formula is C40H40Cl2N6O3. The van der Waals surface area contributed by atoms with E-state index in [0.29, 0.717) is 58.5 Å². The number of rotatable bonds is 14. The van der Waals surface area contributed by atoms with Crippen LogP contribution in [0.15, 0.2) is 85.7 Å². The van der Waals surface area contributed by atoms with Gasteiger partial charge in [0.1, 0.15) is 42.9 Å². The molecule has 5 aromatic rings. The number of nitrogens with zero attached hydrogens (tertiary/aromatic N) is 5. The van der Waals surface area contributed by atoms with Gasteiger partial charge < -0.3 is 24.4 Å². The molecule has 0 aliphatic carbocycles. The molecular weight excluding hydrogens is 683 g/mol. The summed E-state index contributed by atoms with van der Waals surface area (Å²) >= 11 is 13.8. The summed E-state index contributed by atoms with van der Waals surface area (Å²) in [4.78, 5) is 14.7. The van der Waals surface area contributed by atoms with Crippen LogP contribution >= 0.6 is 23.2 Å². The fraction of sp³-hybridized carbons (Fsp3) is 0.300. The highest BCUT2D eigenvalue weighted by Crippen LogP contribution is 2.39. The number of piperidine rings is 1. The van der Waals surface area contributed by atoms with Crippen LogP contribution in [0.4, 0.5) is 0 Å². The van der Waals surface area contributed by atoms with E-state index < -0.39 is 0 Å². The molecule has 1 saturated heterocycles. The van der Waals surface area contributed by atoms with Crippen molar-refractivity contribution >= 4 is 23.2 Å². The maximum Gasteiger partial charge on any atom is 0.142 e. The SMILES string of the molecule is Cc1c(COc2cc(OCc3cncc(C#N)c3)c(CNCc3cncnc3)cc2Cl)cccc1-c1cccc(OCC2CCCN(C)C2)c1Cl. The van der Waals surface area contributed by atoms with Crippen molar-refractivity contribution in [2.24, 2.45) is 5.92 Å². The lowest BCUT2D eigenvalue weighted by atomic mass is 9.96. The smallest absolute Gasteiger partial charge is 0.142 e. The predicted molar refractivity (Wildman–Crippen MR) is 199 cm³/mol. The van der Waals surface area contributed by atoms with E-state index in [1.807, 2.05) is 42.5 Å². The molecule has 1 aliphatic rings. The van der Waals surface area contributed by atoms with Gasteiger partial charge in [-0.25, -0.2) is 9.97 Å². The maximum atomic E-state index is 9.31. The van der Waals surface area contributed by atoms with Crippen LogP contribution in [0.2, 0.25) is 10.0 Å². The van der Waals surface area contributed by atoms with Gasteiger partial charge >= 0.3 is 0 Å². The van der Waals surface area contributed by atoms with Gasteiger partial charge in [0.25, 0.3) is 0 Å². The molecule has 11 heteroatoms. The van der Waals surface area contributed by atoms with Gasteiger partial charge in [-0.15, -0.1) is 0 Å². The summed E-state index contributed by atoms with van der Waals surface area (Å²) in [5.74, 6) is 2.28. The largest absolute Gasteiger partial charge is 0.492 e. The molecule has 2 aromatic heterocycles. The van der Waals surface area contributed by atoms with Crippen LogP contribution in [0, 0.1) is 24.2 Å². The number of aromatic nitrogens is 3. The predicted octanol–water partition coefficient (Wildman–Crippen LogP) is 8.19. The van der Waals surface area contributed by atoms with Crippen molar-refractivity contribution in [1.29, 1.82) is 5.26 Å². The van der Waals surface area contributed by atoms with E-state index in [4.69, 9.17) is 37.4 Å².